The van der Waals surface area contributed by atoms with Crippen LogP contribution >= 0.6 is 0 Å². The highest BCUT2D eigenvalue weighted by atomic mass is 16.5. The van der Waals surface area contributed by atoms with Crippen molar-refractivity contribution in [1.82, 2.24) is 15.0 Å². The Hall–Kier alpha value is -3.68. The van der Waals surface area contributed by atoms with Gasteiger partial charge >= 0.3 is 5.97 Å². The molecule has 144 valence electrons. The van der Waals surface area contributed by atoms with Crippen molar-refractivity contribution in [3.05, 3.63) is 65.5 Å². The van der Waals surface area contributed by atoms with Crippen LogP contribution in [0.25, 0.3) is 0 Å². The topological polar surface area (TPSA) is 112 Å². The molecule has 0 aliphatic carbocycles. The summed E-state index contributed by atoms with van der Waals surface area (Å²) >= 11 is 0. The maximum atomic E-state index is 12.4. The van der Waals surface area contributed by atoms with E-state index in [0.717, 1.165) is 11.3 Å². The molecular weight excluding hydrogens is 358 g/mol. The lowest BCUT2D eigenvalue weighted by Gasteiger charge is -2.10. The second-order valence-electron chi connectivity index (χ2n) is 5.93. The summed E-state index contributed by atoms with van der Waals surface area (Å²) in [6, 6.07) is 14.6. The molecule has 3 N–H and O–H groups in total. The van der Waals surface area contributed by atoms with Gasteiger partial charge in [-0.2, -0.15) is 15.0 Å². The number of carbonyl (C=O) groups is 1. The second kappa shape index (κ2) is 8.81. The average Bonchev–Trinajstić information content (AvgIpc) is 2.68. The van der Waals surface area contributed by atoms with Gasteiger partial charge in [0.1, 0.15) is 11.3 Å². The van der Waals surface area contributed by atoms with E-state index in [1.165, 1.54) is 0 Å². The van der Waals surface area contributed by atoms with Crippen molar-refractivity contribution in [2.45, 2.75) is 20.5 Å². The molecule has 0 radical (unpaired) electrons. The van der Waals surface area contributed by atoms with Crippen LogP contribution in [0.1, 0.15) is 28.7 Å². The summed E-state index contributed by atoms with van der Waals surface area (Å²) < 4.78 is 10.8. The number of hydrogen-bond acceptors (Lipinski definition) is 8. The van der Waals surface area contributed by atoms with Gasteiger partial charge in [-0.25, -0.2) is 4.79 Å². The standard InChI is InChI=1S/C20H21N5O3/c1-3-27-16-7-5-4-6-15(16)18(26)28-12-17-23-19(21)25-20(24-17)22-14-10-8-13(2)9-11-14/h4-11H,3,12H2,1-2H3,(H3,21,22,23,24,25). The Labute approximate surface area is 162 Å². The van der Waals surface area contributed by atoms with Crippen molar-refractivity contribution in [1.29, 1.82) is 0 Å². The molecule has 3 aromatic rings. The van der Waals surface area contributed by atoms with Crippen LogP contribution in [-0.2, 0) is 11.3 Å². The first-order chi connectivity index (χ1) is 13.5. The zero-order chi connectivity index (χ0) is 19.9. The van der Waals surface area contributed by atoms with E-state index in [2.05, 4.69) is 20.3 Å². The number of nitrogens with two attached hydrogens (primary N) is 1. The van der Waals surface area contributed by atoms with Gasteiger partial charge in [0.05, 0.1) is 6.61 Å². The number of aromatic nitrogens is 3. The molecule has 0 amide bonds. The van der Waals surface area contributed by atoms with Gasteiger partial charge in [-0.15, -0.1) is 0 Å². The number of aryl methyl sites for hydroxylation is 1. The van der Waals surface area contributed by atoms with Crippen LogP contribution in [0.2, 0.25) is 0 Å². The first kappa shape index (κ1) is 19.1. The number of rotatable bonds is 7. The van der Waals surface area contributed by atoms with E-state index in [1.54, 1.807) is 24.3 Å². The zero-order valence-corrected chi connectivity index (χ0v) is 15.7. The van der Waals surface area contributed by atoms with Gasteiger partial charge in [0.15, 0.2) is 12.4 Å². The number of anilines is 3. The average molecular weight is 379 g/mol. The Morgan fingerprint density at radius 1 is 1.07 bits per heavy atom. The van der Waals surface area contributed by atoms with Crippen molar-refractivity contribution in [2.24, 2.45) is 0 Å². The van der Waals surface area contributed by atoms with E-state index >= 15 is 0 Å². The first-order valence-electron chi connectivity index (χ1n) is 8.78. The van der Waals surface area contributed by atoms with Crippen molar-refractivity contribution < 1.29 is 14.3 Å². The van der Waals surface area contributed by atoms with E-state index in [4.69, 9.17) is 15.2 Å². The molecule has 3 rings (SSSR count). The molecule has 1 heterocycles. The Kier molecular flexibility index (Phi) is 6.01. The van der Waals surface area contributed by atoms with Crippen LogP contribution in [0.5, 0.6) is 5.75 Å². The molecule has 8 nitrogen and oxygen atoms in total. The third kappa shape index (κ3) is 4.94. The molecule has 0 atom stereocenters. The van der Waals surface area contributed by atoms with Crippen LogP contribution in [0.4, 0.5) is 17.6 Å². The third-order valence-electron chi connectivity index (χ3n) is 3.75. The van der Waals surface area contributed by atoms with Crippen LogP contribution in [0.3, 0.4) is 0 Å². The molecule has 28 heavy (non-hydrogen) atoms. The fourth-order valence-electron chi connectivity index (χ4n) is 2.45. The SMILES string of the molecule is CCOc1ccccc1C(=O)OCc1nc(N)nc(Nc2ccc(C)cc2)n1. The van der Waals surface area contributed by atoms with Crippen LogP contribution < -0.4 is 15.8 Å². The molecule has 0 spiro atoms. The summed E-state index contributed by atoms with van der Waals surface area (Å²) in [7, 11) is 0. The number of ether oxygens (including phenoxy) is 2. The van der Waals surface area contributed by atoms with Gasteiger partial charge in [0.2, 0.25) is 11.9 Å². The smallest absolute Gasteiger partial charge is 0.342 e. The molecule has 0 aliphatic rings. The maximum Gasteiger partial charge on any atom is 0.342 e. The van der Waals surface area contributed by atoms with E-state index in [0.29, 0.717) is 17.9 Å². The number of para-hydroxylation sites is 1. The molecule has 2 aromatic carbocycles. The number of benzene rings is 2. The Bertz CT molecular complexity index is 960. The van der Waals surface area contributed by atoms with Gasteiger partial charge in [0.25, 0.3) is 0 Å². The number of esters is 1. The van der Waals surface area contributed by atoms with Crippen molar-refractivity contribution >= 4 is 23.6 Å². The van der Waals surface area contributed by atoms with Crippen LogP contribution in [0.15, 0.2) is 48.5 Å². The van der Waals surface area contributed by atoms with E-state index in [9.17, 15) is 4.79 Å². The lowest BCUT2D eigenvalue weighted by atomic mass is 10.2. The summed E-state index contributed by atoms with van der Waals surface area (Å²) in [6.45, 7) is 4.15. The maximum absolute atomic E-state index is 12.4. The third-order valence-corrected chi connectivity index (χ3v) is 3.75. The highest BCUT2D eigenvalue weighted by Gasteiger charge is 2.15. The summed E-state index contributed by atoms with van der Waals surface area (Å²) in [5.74, 6) is 0.481. The number of hydrogen-bond donors (Lipinski definition) is 2. The van der Waals surface area contributed by atoms with Crippen LogP contribution in [-0.4, -0.2) is 27.5 Å². The van der Waals surface area contributed by atoms with Gasteiger partial charge in [-0.05, 0) is 38.1 Å². The molecule has 0 bridgehead atoms. The Balaban J connectivity index is 1.70. The summed E-state index contributed by atoms with van der Waals surface area (Å²) in [4.78, 5) is 24.7. The van der Waals surface area contributed by atoms with E-state index < -0.39 is 5.97 Å². The van der Waals surface area contributed by atoms with E-state index in [-0.39, 0.29) is 24.3 Å². The summed E-state index contributed by atoms with van der Waals surface area (Å²) in [5, 5.41) is 3.05. The number of nitrogen functional groups attached to an aromatic ring is 1. The van der Waals surface area contributed by atoms with Gasteiger partial charge in [-0.1, -0.05) is 29.8 Å². The minimum atomic E-state index is -0.531. The highest BCUT2D eigenvalue weighted by Crippen LogP contribution is 2.20. The molecular formula is C20H21N5O3. The van der Waals surface area contributed by atoms with Crippen LogP contribution in [0, 0.1) is 6.92 Å². The highest BCUT2D eigenvalue weighted by molar-refractivity contribution is 5.92. The minimum absolute atomic E-state index is 0.0328. The quantitative estimate of drug-likeness (QED) is 0.602. The summed E-state index contributed by atoms with van der Waals surface area (Å²) in [6.07, 6.45) is 0. The largest absolute Gasteiger partial charge is 0.493 e. The fourth-order valence-corrected chi connectivity index (χ4v) is 2.45. The molecule has 1 aromatic heterocycles. The normalized spacial score (nSPS) is 10.4. The molecule has 0 saturated heterocycles. The van der Waals surface area contributed by atoms with Gasteiger partial charge in [-0.3, -0.25) is 0 Å². The first-order valence-corrected chi connectivity index (χ1v) is 8.78. The monoisotopic (exact) mass is 379 g/mol. The van der Waals surface area contributed by atoms with Crippen molar-refractivity contribution in [2.75, 3.05) is 17.7 Å². The fraction of sp³-hybridized carbons (Fsp3) is 0.200. The van der Waals surface area contributed by atoms with Crippen molar-refractivity contribution in [3.63, 3.8) is 0 Å². The summed E-state index contributed by atoms with van der Waals surface area (Å²) in [5.41, 5.74) is 8.04. The molecule has 0 fully saturated rings. The molecule has 0 saturated carbocycles. The number of nitrogens with zero attached hydrogens (tertiary/aromatic N) is 3. The predicted octanol–water partition coefficient (Wildman–Crippen LogP) is 3.26. The molecule has 8 heteroatoms. The predicted molar refractivity (Wildman–Crippen MR) is 105 cm³/mol. The number of nitrogens with one attached hydrogen (secondary N) is 1. The van der Waals surface area contributed by atoms with Gasteiger partial charge < -0.3 is 20.5 Å². The molecule has 0 aliphatic heterocycles. The van der Waals surface area contributed by atoms with Gasteiger partial charge in [0, 0.05) is 5.69 Å². The molecule has 0 unspecified atom stereocenters. The number of carbonyl (C=O) groups excluding carboxylic acids is 1. The second-order valence-corrected chi connectivity index (χ2v) is 5.93. The Morgan fingerprint density at radius 3 is 2.57 bits per heavy atom. The lowest BCUT2D eigenvalue weighted by molar-refractivity contribution is 0.0458. The minimum Gasteiger partial charge on any atom is -0.493 e. The lowest BCUT2D eigenvalue weighted by Crippen LogP contribution is -2.12. The Morgan fingerprint density at radius 2 is 1.82 bits per heavy atom. The van der Waals surface area contributed by atoms with E-state index in [1.807, 2.05) is 38.1 Å². The zero-order valence-electron chi connectivity index (χ0n) is 15.7. The van der Waals surface area contributed by atoms with Crippen molar-refractivity contribution in [3.8, 4) is 5.75 Å².